The second-order valence-corrected chi connectivity index (χ2v) is 5.25. The molecule has 2 aliphatic rings. The molecular formula is C12H25N3O. The summed E-state index contributed by atoms with van der Waals surface area (Å²) >= 11 is 0. The van der Waals surface area contributed by atoms with Gasteiger partial charge in [0.25, 0.3) is 0 Å². The lowest BCUT2D eigenvalue weighted by Crippen LogP contribution is -2.60. The Balaban J connectivity index is 1.86. The maximum Gasteiger partial charge on any atom is 0.0431 e. The van der Waals surface area contributed by atoms with E-state index in [1.54, 1.807) is 0 Å². The number of nitrogens with one attached hydrogen (secondary N) is 1. The van der Waals surface area contributed by atoms with Crippen LogP contribution in [0.4, 0.5) is 0 Å². The summed E-state index contributed by atoms with van der Waals surface area (Å²) in [5.74, 6) is 0.736. The number of hydrogen-bond acceptors (Lipinski definition) is 4. The smallest absolute Gasteiger partial charge is 0.0431 e. The van der Waals surface area contributed by atoms with Crippen LogP contribution in [0, 0.1) is 5.92 Å². The molecule has 4 nitrogen and oxygen atoms in total. The zero-order valence-corrected chi connectivity index (χ0v) is 10.1. The van der Waals surface area contributed by atoms with Crippen LogP contribution < -0.4 is 11.1 Å². The SMILES string of the molecule is NCC1(NCCCCO)CCN2CCC1C2. The van der Waals surface area contributed by atoms with E-state index in [0.717, 1.165) is 31.8 Å². The van der Waals surface area contributed by atoms with Crippen LogP contribution in [0.5, 0.6) is 0 Å². The molecule has 16 heavy (non-hydrogen) atoms. The molecule has 94 valence electrons. The van der Waals surface area contributed by atoms with Gasteiger partial charge in [-0.1, -0.05) is 0 Å². The molecule has 2 rings (SSSR count). The third-order valence-electron chi connectivity index (χ3n) is 4.35. The summed E-state index contributed by atoms with van der Waals surface area (Å²) in [5, 5.41) is 12.5. The Morgan fingerprint density at radius 2 is 2.25 bits per heavy atom. The molecule has 0 aliphatic carbocycles. The minimum atomic E-state index is 0.183. The number of piperidine rings is 1. The fourth-order valence-electron chi connectivity index (χ4n) is 3.20. The van der Waals surface area contributed by atoms with Gasteiger partial charge >= 0.3 is 0 Å². The van der Waals surface area contributed by atoms with Gasteiger partial charge in [-0.05, 0) is 51.2 Å². The molecule has 2 saturated heterocycles. The summed E-state index contributed by atoms with van der Waals surface area (Å²) < 4.78 is 0. The second kappa shape index (κ2) is 5.45. The molecule has 2 bridgehead atoms. The Bertz CT molecular complexity index is 224. The Labute approximate surface area is 98.2 Å². The summed E-state index contributed by atoms with van der Waals surface area (Å²) in [4.78, 5) is 2.55. The van der Waals surface area contributed by atoms with Crippen molar-refractivity contribution in [2.45, 2.75) is 31.2 Å². The number of unbranched alkanes of at least 4 members (excludes halogenated alkanes) is 1. The molecule has 3 atom stereocenters. The molecule has 2 fully saturated rings. The number of hydrogen-bond donors (Lipinski definition) is 3. The molecule has 2 heterocycles. The van der Waals surface area contributed by atoms with Gasteiger partial charge in [-0.3, -0.25) is 0 Å². The largest absolute Gasteiger partial charge is 0.396 e. The third-order valence-corrected chi connectivity index (χ3v) is 4.35. The van der Waals surface area contributed by atoms with E-state index >= 15 is 0 Å². The minimum Gasteiger partial charge on any atom is -0.396 e. The van der Waals surface area contributed by atoms with Crippen LogP contribution in [0.25, 0.3) is 0 Å². The van der Waals surface area contributed by atoms with Crippen molar-refractivity contribution in [2.75, 3.05) is 39.3 Å². The van der Waals surface area contributed by atoms with Gasteiger partial charge in [-0.2, -0.15) is 0 Å². The quantitative estimate of drug-likeness (QED) is 0.549. The fourth-order valence-corrected chi connectivity index (χ4v) is 3.20. The van der Waals surface area contributed by atoms with E-state index in [1.807, 2.05) is 0 Å². The monoisotopic (exact) mass is 227 g/mol. The molecule has 0 aromatic heterocycles. The number of nitrogens with zero attached hydrogens (tertiary/aromatic N) is 1. The second-order valence-electron chi connectivity index (χ2n) is 5.25. The summed E-state index contributed by atoms with van der Waals surface area (Å²) in [6.45, 7) is 5.73. The van der Waals surface area contributed by atoms with Crippen molar-refractivity contribution in [3.63, 3.8) is 0 Å². The summed E-state index contributed by atoms with van der Waals surface area (Å²) in [6, 6.07) is 0. The zero-order chi connectivity index (χ0) is 11.4. The molecule has 0 aromatic carbocycles. The lowest BCUT2D eigenvalue weighted by molar-refractivity contribution is 0.135. The molecule has 4 N–H and O–H groups in total. The summed E-state index contributed by atoms with van der Waals surface area (Å²) in [6.07, 6.45) is 4.43. The molecular weight excluding hydrogens is 202 g/mol. The Morgan fingerprint density at radius 3 is 3.00 bits per heavy atom. The van der Waals surface area contributed by atoms with Crippen LogP contribution in [0.2, 0.25) is 0 Å². The van der Waals surface area contributed by atoms with Crippen molar-refractivity contribution in [2.24, 2.45) is 11.7 Å². The van der Waals surface area contributed by atoms with Gasteiger partial charge in [-0.25, -0.2) is 0 Å². The standard InChI is InChI=1S/C12H25N3O/c13-10-12(14-5-1-2-8-16)4-7-15-6-3-11(12)9-15/h11,14,16H,1-10,13H2. The first kappa shape index (κ1) is 12.3. The summed E-state index contributed by atoms with van der Waals surface area (Å²) in [7, 11) is 0. The summed E-state index contributed by atoms with van der Waals surface area (Å²) in [5.41, 5.74) is 6.19. The van der Waals surface area contributed by atoms with E-state index in [0.29, 0.717) is 6.61 Å². The molecule has 0 amide bonds. The van der Waals surface area contributed by atoms with Crippen molar-refractivity contribution in [1.29, 1.82) is 0 Å². The highest BCUT2D eigenvalue weighted by molar-refractivity contribution is 5.03. The number of nitrogens with two attached hydrogens (primary N) is 1. The van der Waals surface area contributed by atoms with Crippen LogP contribution in [-0.4, -0.2) is 54.9 Å². The van der Waals surface area contributed by atoms with Crippen molar-refractivity contribution in [1.82, 2.24) is 10.2 Å². The normalized spacial score (nSPS) is 37.9. The number of rotatable bonds is 6. The molecule has 0 saturated carbocycles. The number of aliphatic hydroxyl groups excluding tert-OH is 1. The van der Waals surface area contributed by atoms with Gasteiger partial charge in [0, 0.05) is 25.2 Å². The lowest BCUT2D eigenvalue weighted by Gasteiger charge is -2.43. The van der Waals surface area contributed by atoms with Gasteiger partial charge < -0.3 is 21.1 Å². The van der Waals surface area contributed by atoms with Crippen LogP contribution >= 0.6 is 0 Å². The van der Waals surface area contributed by atoms with E-state index < -0.39 is 0 Å². The van der Waals surface area contributed by atoms with Gasteiger partial charge in [-0.15, -0.1) is 0 Å². The molecule has 4 heteroatoms. The van der Waals surface area contributed by atoms with Crippen LogP contribution in [0.1, 0.15) is 25.7 Å². The highest BCUT2D eigenvalue weighted by Crippen LogP contribution is 2.34. The molecule has 0 spiro atoms. The molecule has 0 aromatic rings. The van der Waals surface area contributed by atoms with E-state index in [2.05, 4.69) is 10.2 Å². The Morgan fingerprint density at radius 1 is 1.38 bits per heavy atom. The Hall–Kier alpha value is -0.160. The maximum atomic E-state index is 8.77. The maximum absolute atomic E-state index is 8.77. The first-order chi connectivity index (χ1) is 7.80. The van der Waals surface area contributed by atoms with E-state index in [9.17, 15) is 0 Å². The average Bonchev–Trinajstić information content (AvgIpc) is 2.73. The third kappa shape index (κ3) is 2.40. The van der Waals surface area contributed by atoms with Gasteiger partial charge in [0.05, 0.1) is 0 Å². The number of fused-ring (bicyclic) bond motifs is 2. The van der Waals surface area contributed by atoms with Crippen molar-refractivity contribution in [3.8, 4) is 0 Å². The van der Waals surface area contributed by atoms with Gasteiger partial charge in [0.15, 0.2) is 0 Å². The number of aliphatic hydroxyl groups is 1. The average molecular weight is 227 g/mol. The van der Waals surface area contributed by atoms with E-state index in [1.165, 1.54) is 32.5 Å². The van der Waals surface area contributed by atoms with Crippen LogP contribution in [0.15, 0.2) is 0 Å². The van der Waals surface area contributed by atoms with Crippen molar-refractivity contribution in [3.05, 3.63) is 0 Å². The van der Waals surface area contributed by atoms with Crippen LogP contribution in [-0.2, 0) is 0 Å². The highest BCUT2D eigenvalue weighted by atomic mass is 16.2. The first-order valence-corrected chi connectivity index (χ1v) is 6.59. The van der Waals surface area contributed by atoms with E-state index in [-0.39, 0.29) is 5.54 Å². The van der Waals surface area contributed by atoms with Gasteiger partial charge in [0.1, 0.15) is 0 Å². The van der Waals surface area contributed by atoms with E-state index in [4.69, 9.17) is 10.8 Å². The zero-order valence-electron chi connectivity index (χ0n) is 10.1. The first-order valence-electron chi connectivity index (χ1n) is 6.59. The van der Waals surface area contributed by atoms with Crippen LogP contribution in [0.3, 0.4) is 0 Å². The molecule has 0 radical (unpaired) electrons. The fraction of sp³-hybridized carbons (Fsp3) is 1.00. The molecule has 3 unspecified atom stereocenters. The predicted molar refractivity (Wildman–Crippen MR) is 65.3 cm³/mol. The highest BCUT2D eigenvalue weighted by Gasteiger charge is 2.44. The Kier molecular flexibility index (Phi) is 4.19. The lowest BCUT2D eigenvalue weighted by atomic mass is 9.78. The topological polar surface area (TPSA) is 61.5 Å². The van der Waals surface area contributed by atoms with Crippen molar-refractivity contribution >= 4 is 0 Å². The minimum absolute atomic E-state index is 0.183. The predicted octanol–water partition coefficient (Wildman–Crippen LogP) is -0.228. The van der Waals surface area contributed by atoms with Gasteiger partial charge in [0.2, 0.25) is 0 Å². The molecule has 2 aliphatic heterocycles. The van der Waals surface area contributed by atoms with Crippen molar-refractivity contribution < 1.29 is 5.11 Å².